The molecule has 0 bridgehead atoms. The lowest BCUT2D eigenvalue weighted by Gasteiger charge is -2.31. The van der Waals surface area contributed by atoms with Crippen molar-refractivity contribution in [3.8, 4) is 0 Å². The third-order valence-electron chi connectivity index (χ3n) is 5.25. The lowest BCUT2D eigenvalue weighted by Crippen LogP contribution is -2.39. The third-order valence-corrected chi connectivity index (χ3v) is 5.25. The van der Waals surface area contributed by atoms with Gasteiger partial charge in [-0.3, -0.25) is 14.5 Å². The lowest BCUT2D eigenvalue weighted by atomic mass is 9.73. The highest BCUT2D eigenvalue weighted by Crippen LogP contribution is 2.45. The van der Waals surface area contributed by atoms with E-state index in [0.717, 1.165) is 44.9 Å². The minimum atomic E-state index is -0.355. The molecule has 3 aliphatic rings. The van der Waals surface area contributed by atoms with Crippen molar-refractivity contribution in [3.63, 3.8) is 0 Å². The first-order valence-electron chi connectivity index (χ1n) is 7.64. The van der Waals surface area contributed by atoms with Crippen LogP contribution in [0.3, 0.4) is 0 Å². The predicted molar refractivity (Wildman–Crippen MR) is 70.2 cm³/mol. The maximum Gasteiger partial charge on any atom is 0.235 e. The normalized spacial score (nSPS) is 34.5. The molecule has 2 atom stereocenters. The summed E-state index contributed by atoms with van der Waals surface area (Å²) >= 11 is 0. The molecule has 3 rings (SSSR count). The molecule has 2 amide bonds. The average molecular weight is 265 g/mol. The van der Waals surface area contributed by atoms with Gasteiger partial charge in [0.1, 0.15) is 0 Å². The van der Waals surface area contributed by atoms with E-state index in [4.69, 9.17) is 0 Å². The molecule has 1 heterocycles. The number of carbonyl (C=O) groups is 2. The zero-order valence-corrected chi connectivity index (χ0v) is 11.4. The second kappa shape index (κ2) is 4.89. The summed E-state index contributed by atoms with van der Waals surface area (Å²) in [6.07, 6.45) is 7.81. The number of hydrogen-bond acceptors (Lipinski definition) is 3. The van der Waals surface area contributed by atoms with Crippen molar-refractivity contribution >= 4 is 11.8 Å². The number of likely N-dealkylation sites (tertiary alicyclic amines) is 1. The van der Waals surface area contributed by atoms with Crippen molar-refractivity contribution in [2.75, 3.05) is 6.54 Å². The highest BCUT2D eigenvalue weighted by Gasteiger charge is 2.51. The van der Waals surface area contributed by atoms with Crippen LogP contribution in [-0.4, -0.2) is 34.5 Å². The Morgan fingerprint density at radius 3 is 2.53 bits per heavy atom. The molecule has 0 radical (unpaired) electrons. The highest BCUT2D eigenvalue weighted by atomic mass is 16.3. The molecule has 0 aromatic carbocycles. The van der Waals surface area contributed by atoms with Crippen molar-refractivity contribution < 1.29 is 14.7 Å². The van der Waals surface area contributed by atoms with E-state index in [0.29, 0.717) is 18.9 Å². The molecule has 2 saturated carbocycles. The molecule has 4 heteroatoms. The van der Waals surface area contributed by atoms with E-state index in [9.17, 15) is 14.7 Å². The first-order chi connectivity index (χ1) is 9.11. The molecule has 0 aromatic rings. The molecular weight excluding hydrogens is 242 g/mol. The van der Waals surface area contributed by atoms with Crippen LogP contribution in [0.15, 0.2) is 0 Å². The topological polar surface area (TPSA) is 57.6 Å². The quantitative estimate of drug-likeness (QED) is 0.775. The zero-order valence-electron chi connectivity index (χ0n) is 11.4. The van der Waals surface area contributed by atoms with E-state index in [-0.39, 0.29) is 23.3 Å². The second-order valence-electron chi connectivity index (χ2n) is 6.66. The smallest absolute Gasteiger partial charge is 0.235 e. The summed E-state index contributed by atoms with van der Waals surface area (Å²) in [5.41, 5.74) is -0.355. The Morgan fingerprint density at radius 1 is 1.16 bits per heavy atom. The largest absolute Gasteiger partial charge is 0.393 e. The van der Waals surface area contributed by atoms with Crippen molar-refractivity contribution in [3.05, 3.63) is 0 Å². The van der Waals surface area contributed by atoms with Crippen LogP contribution in [0.1, 0.15) is 57.8 Å². The van der Waals surface area contributed by atoms with Gasteiger partial charge in [0, 0.05) is 13.0 Å². The maximum atomic E-state index is 12.6. The Balaban J connectivity index is 1.69. The highest BCUT2D eigenvalue weighted by molar-refractivity contribution is 6.05. The lowest BCUT2D eigenvalue weighted by molar-refractivity contribution is -0.143. The van der Waals surface area contributed by atoms with Crippen molar-refractivity contribution in [1.29, 1.82) is 0 Å². The van der Waals surface area contributed by atoms with Crippen LogP contribution in [-0.2, 0) is 9.59 Å². The minimum Gasteiger partial charge on any atom is -0.393 e. The fourth-order valence-corrected chi connectivity index (χ4v) is 4.14. The van der Waals surface area contributed by atoms with Crippen LogP contribution >= 0.6 is 0 Å². The summed E-state index contributed by atoms with van der Waals surface area (Å²) < 4.78 is 0. The zero-order chi connectivity index (χ0) is 13.5. The van der Waals surface area contributed by atoms with Gasteiger partial charge in [-0.05, 0) is 38.0 Å². The van der Waals surface area contributed by atoms with Gasteiger partial charge in [0.25, 0.3) is 0 Å². The van der Waals surface area contributed by atoms with Crippen LogP contribution in [0, 0.1) is 11.3 Å². The van der Waals surface area contributed by atoms with E-state index in [1.165, 1.54) is 11.3 Å². The number of aliphatic hydroxyl groups excluding tert-OH is 1. The van der Waals surface area contributed by atoms with Gasteiger partial charge in [0.05, 0.1) is 11.5 Å². The Bertz CT molecular complexity index is 387. The standard InChI is InChI=1S/C15H23NO3/c17-12-5-4-11(8-12)10-16-13(18)9-15(14(16)19)6-2-1-3-7-15/h11-12,17H,1-10H2. The van der Waals surface area contributed by atoms with Crippen LogP contribution in [0.2, 0.25) is 0 Å². The fraction of sp³-hybridized carbons (Fsp3) is 0.867. The number of amides is 2. The molecule has 1 spiro atoms. The Kier molecular flexibility index (Phi) is 3.37. The van der Waals surface area contributed by atoms with Crippen molar-refractivity contribution in [1.82, 2.24) is 4.90 Å². The molecule has 1 N–H and O–H groups in total. The summed E-state index contributed by atoms with van der Waals surface area (Å²) in [7, 11) is 0. The fourth-order valence-electron chi connectivity index (χ4n) is 4.14. The average Bonchev–Trinajstić information content (AvgIpc) is 2.89. The number of nitrogens with zero attached hydrogens (tertiary/aromatic N) is 1. The summed E-state index contributed by atoms with van der Waals surface area (Å²) in [5.74, 6) is 0.411. The third kappa shape index (κ3) is 2.31. The summed E-state index contributed by atoms with van der Waals surface area (Å²) in [6, 6.07) is 0. The van der Waals surface area contributed by atoms with Gasteiger partial charge in [-0.2, -0.15) is 0 Å². The van der Waals surface area contributed by atoms with E-state index >= 15 is 0 Å². The van der Waals surface area contributed by atoms with Crippen molar-refractivity contribution in [2.45, 2.75) is 63.9 Å². The van der Waals surface area contributed by atoms with Gasteiger partial charge in [0.2, 0.25) is 11.8 Å². The number of aliphatic hydroxyl groups is 1. The Morgan fingerprint density at radius 2 is 1.89 bits per heavy atom. The second-order valence-corrected chi connectivity index (χ2v) is 6.66. The Hall–Kier alpha value is -0.900. The van der Waals surface area contributed by atoms with Crippen LogP contribution < -0.4 is 0 Å². The molecule has 0 aromatic heterocycles. The minimum absolute atomic E-state index is 0.0216. The van der Waals surface area contributed by atoms with Gasteiger partial charge in [0.15, 0.2) is 0 Å². The first-order valence-corrected chi connectivity index (χ1v) is 7.64. The van der Waals surface area contributed by atoms with Gasteiger partial charge in [-0.15, -0.1) is 0 Å². The van der Waals surface area contributed by atoms with Gasteiger partial charge in [-0.25, -0.2) is 0 Å². The number of hydrogen-bond donors (Lipinski definition) is 1. The van der Waals surface area contributed by atoms with Gasteiger partial charge < -0.3 is 5.11 Å². The first kappa shape index (κ1) is 13.1. The van der Waals surface area contributed by atoms with Crippen LogP contribution in [0.25, 0.3) is 0 Å². The molecule has 4 nitrogen and oxygen atoms in total. The molecule has 106 valence electrons. The molecule has 1 saturated heterocycles. The Labute approximate surface area is 114 Å². The number of rotatable bonds is 2. The van der Waals surface area contributed by atoms with E-state index in [2.05, 4.69) is 0 Å². The van der Waals surface area contributed by atoms with Crippen LogP contribution in [0.5, 0.6) is 0 Å². The number of carbonyl (C=O) groups excluding carboxylic acids is 2. The summed E-state index contributed by atoms with van der Waals surface area (Å²) in [6.45, 7) is 0.538. The van der Waals surface area contributed by atoms with E-state index in [1.54, 1.807) is 0 Å². The monoisotopic (exact) mass is 265 g/mol. The molecule has 19 heavy (non-hydrogen) atoms. The molecule has 3 fully saturated rings. The molecular formula is C15H23NO3. The summed E-state index contributed by atoms with van der Waals surface area (Å²) in [4.78, 5) is 26.3. The SMILES string of the molecule is O=C1CC2(CCCCC2)C(=O)N1CC1CCC(O)C1. The van der Waals surface area contributed by atoms with E-state index < -0.39 is 0 Å². The number of imide groups is 1. The van der Waals surface area contributed by atoms with Crippen molar-refractivity contribution in [2.24, 2.45) is 11.3 Å². The van der Waals surface area contributed by atoms with Gasteiger partial charge >= 0.3 is 0 Å². The van der Waals surface area contributed by atoms with Crippen LogP contribution in [0.4, 0.5) is 0 Å². The van der Waals surface area contributed by atoms with E-state index in [1.807, 2.05) is 0 Å². The molecule has 2 unspecified atom stereocenters. The summed E-state index contributed by atoms with van der Waals surface area (Å²) in [5, 5.41) is 9.56. The predicted octanol–water partition coefficient (Wildman–Crippen LogP) is 1.86. The molecule has 1 aliphatic heterocycles. The molecule has 2 aliphatic carbocycles. The van der Waals surface area contributed by atoms with Gasteiger partial charge in [-0.1, -0.05) is 19.3 Å². The maximum absolute atomic E-state index is 12.6.